The van der Waals surface area contributed by atoms with Crippen molar-refractivity contribution in [2.24, 2.45) is 0 Å². The van der Waals surface area contributed by atoms with Crippen LogP contribution in [0.4, 0.5) is 0 Å². The standard InChI is InChI=1S/C12H10N2O3/c1-16-8-3-9-11(10(4-8)17-2)14-6-7(5-13)12(9)15/h3-4,6H,1-2H3,(H,14,15). The molecule has 1 aromatic carbocycles. The quantitative estimate of drug-likeness (QED) is 0.846. The lowest BCUT2D eigenvalue weighted by Gasteiger charge is -2.08. The van der Waals surface area contributed by atoms with Gasteiger partial charge in [0, 0.05) is 12.3 Å². The monoisotopic (exact) mass is 230 g/mol. The van der Waals surface area contributed by atoms with E-state index in [-0.39, 0.29) is 11.0 Å². The lowest BCUT2D eigenvalue weighted by atomic mass is 10.1. The van der Waals surface area contributed by atoms with Crippen LogP contribution in [-0.4, -0.2) is 19.2 Å². The SMILES string of the molecule is COc1cc(OC)c2[nH]cc(C#N)c(=O)c2c1. The van der Waals surface area contributed by atoms with Crippen LogP contribution in [0.25, 0.3) is 10.9 Å². The summed E-state index contributed by atoms with van der Waals surface area (Å²) in [4.78, 5) is 14.8. The lowest BCUT2D eigenvalue weighted by molar-refractivity contribution is 0.397. The molecule has 5 heteroatoms. The molecule has 1 N–H and O–H groups in total. The number of hydrogen-bond acceptors (Lipinski definition) is 4. The number of nitrogens with one attached hydrogen (secondary N) is 1. The molecule has 0 saturated carbocycles. The number of benzene rings is 1. The van der Waals surface area contributed by atoms with E-state index >= 15 is 0 Å². The van der Waals surface area contributed by atoms with Crippen LogP contribution in [-0.2, 0) is 0 Å². The van der Waals surface area contributed by atoms with Gasteiger partial charge in [-0.25, -0.2) is 0 Å². The Kier molecular flexibility index (Phi) is 2.71. The van der Waals surface area contributed by atoms with Gasteiger partial charge in [-0.2, -0.15) is 5.26 Å². The summed E-state index contributed by atoms with van der Waals surface area (Å²) >= 11 is 0. The largest absolute Gasteiger partial charge is 0.497 e. The number of rotatable bonds is 2. The zero-order valence-electron chi connectivity index (χ0n) is 9.40. The highest BCUT2D eigenvalue weighted by Gasteiger charge is 2.10. The second-order valence-corrected chi connectivity index (χ2v) is 3.40. The summed E-state index contributed by atoms with van der Waals surface area (Å²) in [6.07, 6.45) is 1.37. The first kappa shape index (κ1) is 11.0. The van der Waals surface area contributed by atoms with Crippen LogP contribution >= 0.6 is 0 Å². The van der Waals surface area contributed by atoms with Crippen molar-refractivity contribution in [1.29, 1.82) is 5.26 Å². The van der Waals surface area contributed by atoms with Gasteiger partial charge in [-0.1, -0.05) is 0 Å². The third kappa shape index (κ3) is 1.70. The van der Waals surface area contributed by atoms with Crippen LogP contribution in [0, 0.1) is 11.3 Å². The Morgan fingerprint density at radius 1 is 1.29 bits per heavy atom. The topological polar surface area (TPSA) is 75.1 Å². The lowest BCUT2D eigenvalue weighted by Crippen LogP contribution is -2.08. The molecule has 0 saturated heterocycles. The molecule has 0 atom stereocenters. The third-order valence-electron chi connectivity index (χ3n) is 2.50. The molecule has 0 amide bonds. The zero-order chi connectivity index (χ0) is 12.4. The predicted molar refractivity (Wildman–Crippen MR) is 62.4 cm³/mol. The molecule has 0 spiro atoms. The number of methoxy groups -OCH3 is 2. The molecule has 1 heterocycles. The summed E-state index contributed by atoms with van der Waals surface area (Å²) in [7, 11) is 3.01. The highest BCUT2D eigenvalue weighted by atomic mass is 16.5. The Labute approximate surface area is 97.2 Å². The third-order valence-corrected chi connectivity index (χ3v) is 2.50. The number of nitriles is 1. The molecule has 1 aromatic heterocycles. The molecule has 2 rings (SSSR count). The van der Waals surface area contributed by atoms with Crippen molar-refractivity contribution in [2.75, 3.05) is 14.2 Å². The minimum atomic E-state index is -0.335. The zero-order valence-corrected chi connectivity index (χ0v) is 9.40. The smallest absolute Gasteiger partial charge is 0.207 e. The van der Waals surface area contributed by atoms with Gasteiger partial charge in [0.05, 0.1) is 25.1 Å². The summed E-state index contributed by atoms with van der Waals surface area (Å²) in [5.41, 5.74) is 0.281. The molecule has 0 unspecified atom stereocenters. The van der Waals surface area contributed by atoms with E-state index in [1.807, 2.05) is 6.07 Å². The van der Waals surface area contributed by atoms with Crippen molar-refractivity contribution in [3.8, 4) is 17.6 Å². The minimum absolute atomic E-state index is 0.0628. The van der Waals surface area contributed by atoms with E-state index < -0.39 is 0 Å². The van der Waals surface area contributed by atoms with Gasteiger partial charge < -0.3 is 14.5 Å². The molecular weight excluding hydrogens is 220 g/mol. The van der Waals surface area contributed by atoms with E-state index in [0.29, 0.717) is 22.4 Å². The second-order valence-electron chi connectivity index (χ2n) is 3.40. The Bertz CT molecular complexity index is 668. The van der Waals surface area contributed by atoms with Gasteiger partial charge >= 0.3 is 0 Å². The number of ether oxygens (including phenoxy) is 2. The maximum Gasteiger partial charge on any atom is 0.207 e. The van der Waals surface area contributed by atoms with Gasteiger partial charge in [-0.15, -0.1) is 0 Å². The molecule has 2 aromatic rings. The first-order chi connectivity index (χ1) is 8.21. The van der Waals surface area contributed by atoms with Crippen molar-refractivity contribution < 1.29 is 9.47 Å². The van der Waals surface area contributed by atoms with E-state index in [1.165, 1.54) is 20.4 Å². The summed E-state index contributed by atoms with van der Waals surface area (Å²) in [5.74, 6) is 1.01. The second kappa shape index (κ2) is 4.18. The molecule has 0 radical (unpaired) electrons. The van der Waals surface area contributed by atoms with Crippen molar-refractivity contribution in [3.05, 3.63) is 34.1 Å². The Morgan fingerprint density at radius 3 is 2.65 bits per heavy atom. The number of H-pyrrole nitrogens is 1. The predicted octanol–water partition coefficient (Wildman–Crippen LogP) is 1.42. The summed E-state index contributed by atoms with van der Waals surface area (Å²) in [6, 6.07) is 5.09. The van der Waals surface area contributed by atoms with Gasteiger partial charge in [0.1, 0.15) is 23.1 Å². The average molecular weight is 230 g/mol. The maximum atomic E-state index is 11.9. The fourth-order valence-corrected chi connectivity index (χ4v) is 1.64. The summed E-state index contributed by atoms with van der Waals surface area (Å²) in [5, 5.41) is 9.17. The number of aromatic amines is 1. The van der Waals surface area contributed by atoms with Crippen molar-refractivity contribution in [1.82, 2.24) is 4.98 Å². The van der Waals surface area contributed by atoms with Crippen molar-refractivity contribution in [2.45, 2.75) is 0 Å². The first-order valence-corrected chi connectivity index (χ1v) is 4.88. The first-order valence-electron chi connectivity index (χ1n) is 4.88. The Hall–Kier alpha value is -2.48. The van der Waals surface area contributed by atoms with Gasteiger partial charge in [0.2, 0.25) is 5.43 Å². The van der Waals surface area contributed by atoms with Crippen LogP contribution < -0.4 is 14.9 Å². The number of fused-ring (bicyclic) bond motifs is 1. The van der Waals surface area contributed by atoms with Gasteiger partial charge in [-0.3, -0.25) is 4.79 Å². The minimum Gasteiger partial charge on any atom is -0.497 e. The van der Waals surface area contributed by atoms with E-state index in [4.69, 9.17) is 14.7 Å². The van der Waals surface area contributed by atoms with Gasteiger partial charge in [-0.05, 0) is 6.07 Å². The van der Waals surface area contributed by atoms with Crippen molar-refractivity contribution >= 4 is 10.9 Å². The summed E-state index contributed by atoms with van der Waals surface area (Å²) in [6.45, 7) is 0. The summed E-state index contributed by atoms with van der Waals surface area (Å²) < 4.78 is 10.2. The number of aromatic nitrogens is 1. The average Bonchev–Trinajstić information content (AvgIpc) is 2.38. The fraction of sp³-hybridized carbons (Fsp3) is 0.167. The van der Waals surface area contributed by atoms with E-state index in [2.05, 4.69) is 4.98 Å². The number of nitrogens with zero attached hydrogens (tertiary/aromatic N) is 1. The fourth-order valence-electron chi connectivity index (χ4n) is 1.64. The van der Waals surface area contributed by atoms with E-state index in [9.17, 15) is 4.79 Å². The molecule has 86 valence electrons. The van der Waals surface area contributed by atoms with Crippen molar-refractivity contribution in [3.63, 3.8) is 0 Å². The molecule has 0 aliphatic carbocycles. The highest BCUT2D eigenvalue weighted by Crippen LogP contribution is 2.27. The molecule has 5 nitrogen and oxygen atoms in total. The molecule has 0 fully saturated rings. The van der Waals surface area contributed by atoms with Gasteiger partial charge in [0.15, 0.2) is 0 Å². The van der Waals surface area contributed by atoms with Crippen LogP contribution in [0.1, 0.15) is 5.56 Å². The molecule has 17 heavy (non-hydrogen) atoms. The molecular formula is C12H10N2O3. The normalized spacial score (nSPS) is 9.94. The number of pyridine rings is 1. The maximum absolute atomic E-state index is 11.9. The van der Waals surface area contributed by atoms with Gasteiger partial charge in [0.25, 0.3) is 0 Å². The van der Waals surface area contributed by atoms with E-state index in [1.54, 1.807) is 12.1 Å². The van der Waals surface area contributed by atoms with Crippen LogP contribution in [0.3, 0.4) is 0 Å². The van der Waals surface area contributed by atoms with Crippen LogP contribution in [0.15, 0.2) is 23.1 Å². The Morgan fingerprint density at radius 2 is 2.06 bits per heavy atom. The Balaban J connectivity index is 2.91. The van der Waals surface area contributed by atoms with E-state index in [0.717, 1.165) is 0 Å². The van der Waals surface area contributed by atoms with Crippen LogP contribution in [0.2, 0.25) is 0 Å². The molecule has 0 aliphatic rings. The molecule has 0 bridgehead atoms. The highest BCUT2D eigenvalue weighted by molar-refractivity contribution is 5.86. The van der Waals surface area contributed by atoms with Crippen LogP contribution in [0.5, 0.6) is 11.5 Å². The molecule has 0 aliphatic heterocycles. The number of hydrogen-bond donors (Lipinski definition) is 1.